The van der Waals surface area contributed by atoms with E-state index in [-0.39, 0.29) is 5.69 Å². The number of hydrogen-bond donors (Lipinski definition) is 4. The summed E-state index contributed by atoms with van der Waals surface area (Å²) in [7, 11) is 0. The Hall–Kier alpha value is -1.75. The molecule has 1 rings (SSSR count). The smallest absolute Gasteiger partial charge is 0.328 e. The molecule has 14 heavy (non-hydrogen) atoms. The van der Waals surface area contributed by atoms with Gasteiger partial charge >= 0.3 is 5.97 Å². The highest BCUT2D eigenvalue weighted by molar-refractivity contribution is 5.84. The van der Waals surface area contributed by atoms with E-state index in [2.05, 4.69) is 0 Å². The fourth-order valence-electron chi connectivity index (χ4n) is 1.15. The number of carboxylic acid groups (broad SMARTS) is 1. The van der Waals surface area contributed by atoms with Crippen LogP contribution in [0.4, 0.5) is 11.4 Å². The van der Waals surface area contributed by atoms with E-state index in [4.69, 9.17) is 22.3 Å². The number of para-hydroxylation sites is 1. The van der Waals surface area contributed by atoms with Gasteiger partial charge < -0.3 is 22.3 Å². The van der Waals surface area contributed by atoms with Crippen LogP contribution in [0.1, 0.15) is 12.5 Å². The van der Waals surface area contributed by atoms with Gasteiger partial charge in [-0.25, -0.2) is 4.79 Å². The lowest BCUT2D eigenvalue weighted by atomic mass is 9.91. The molecular weight excluding hydrogens is 182 g/mol. The Morgan fingerprint density at radius 3 is 2.50 bits per heavy atom. The number of carboxylic acids is 1. The fraction of sp³-hybridized carbons (Fsp3) is 0.222. The molecule has 1 aromatic carbocycles. The molecule has 0 saturated carbocycles. The number of benzene rings is 1. The number of nitrogen functional groups attached to an aromatic ring is 2. The second-order valence-electron chi connectivity index (χ2n) is 3.32. The van der Waals surface area contributed by atoms with Crippen LogP contribution in [0.3, 0.4) is 0 Å². The molecule has 7 N–H and O–H groups in total. The minimum Gasteiger partial charge on any atom is -0.480 e. The van der Waals surface area contributed by atoms with Crippen LogP contribution in [0.25, 0.3) is 0 Å². The van der Waals surface area contributed by atoms with Crippen molar-refractivity contribution in [1.29, 1.82) is 0 Å². The maximum absolute atomic E-state index is 10.9. The van der Waals surface area contributed by atoms with Gasteiger partial charge in [-0.2, -0.15) is 0 Å². The highest BCUT2D eigenvalue weighted by atomic mass is 16.4. The van der Waals surface area contributed by atoms with Crippen LogP contribution in [0.15, 0.2) is 18.2 Å². The number of hydrogen-bond acceptors (Lipinski definition) is 4. The Bertz CT molecular complexity index is 374. The molecule has 5 nitrogen and oxygen atoms in total. The van der Waals surface area contributed by atoms with E-state index in [0.29, 0.717) is 11.3 Å². The highest BCUT2D eigenvalue weighted by Crippen LogP contribution is 2.28. The van der Waals surface area contributed by atoms with Crippen molar-refractivity contribution in [2.24, 2.45) is 5.73 Å². The molecule has 76 valence electrons. The molecule has 1 aromatic rings. The first-order valence-electron chi connectivity index (χ1n) is 4.04. The first-order valence-corrected chi connectivity index (χ1v) is 4.04. The van der Waals surface area contributed by atoms with Gasteiger partial charge in [0.25, 0.3) is 0 Å². The van der Waals surface area contributed by atoms with E-state index in [1.165, 1.54) is 6.92 Å². The number of rotatable bonds is 2. The molecule has 0 aromatic heterocycles. The van der Waals surface area contributed by atoms with Crippen LogP contribution in [0, 0.1) is 0 Å². The van der Waals surface area contributed by atoms with Crippen LogP contribution < -0.4 is 17.2 Å². The van der Waals surface area contributed by atoms with E-state index in [9.17, 15) is 4.79 Å². The monoisotopic (exact) mass is 195 g/mol. The Kier molecular flexibility index (Phi) is 2.35. The van der Waals surface area contributed by atoms with Crippen molar-refractivity contribution in [1.82, 2.24) is 0 Å². The zero-order chi connectivity index (χ0) is 10.9. The number of anilines is 2. The summed E-state index contributed by atoms with van der Waals surface area (Å²) in [5.74, 6) is -1.14. The molecule has 0 aliphatic carbocycles. The number of aliphatic carboxylic acids is 1. The Morgan fingerprint density at radius 2 is 2.00 bits per heavy atom. The average Bonchev–Trinajstić information content (AvgIpc) is 2.09. The van der Waals surface area contributed by atoms with Gasteiger partial charge in [0.05, 0.1) is 11.4 Å². The molecule has 1 atom stereocenters. The summed E-state index contributed by atoms with van der Waals surface area (Å²) in [5.41, 5.74) is 16.2. The lowest BCUT2D eigenvalue weighted by Crippen LogP contribution is -2.42. The molecule has 0 saturated heterocycles. The third kappa shape index (κ3) is 1.49. The van der Waals surface area contributed by atoms with Crippen LogP contribution in [-0.2, 0) is 10.3 Å². The van der Waals surface area contributed by atoms with Gasteiger partial charge in [0, 0.05) is 5.56 Å². The van der Waals surface area contributed by atoms with E-state index < -0.39 is 11.5 Å². The van der Waals surface area contributed by atoms with Crippen molar-refractivity contribution >= 4 is 17.3 Å². The molecular formula is C9H13N3O2. The molecule has 5 heteroatoms. The molecule has 0 bridgehead atoms. The number of nitrogens with two attached hydrogens (primary N) is 3. The van der Waals surface area contributed by atoms with Gasteiger partial charge in [-0.3, -0.25) is 0 Å². The summed E-state index contributed by atoms with van der Waals surface area (Å²) in [4.78, 5) is 10.9. The van der Waals surface area contributed by atoms with E-state index in [0.717, 1.165) is 0 Å². The van der Waals surface area contributed by atoms with Gasteiger partial charge in [0.2, 0.25) is 0 Å². The third-order valence-electron chi connectivity index (χ3n) is 2.14. The molecule has 0 aliphatic heterocycles. The normalized spacial score (nSPS) is 14.7. The summed E-state index contributed by atoms with van der Waals surface area (Å²) >= 11 is 0. The number of carbonyl (C=O) groups is 1. The third-order valence-corrected chi connectivity index (χ3v) is 2.14. The van der Waals surface area contributed by atoms with Gasteiger partial charge in [0.1, 0.15) is 5.54 Å². The molecule has 0 radical (unpaired) electrons. The highest BCUT2D eigenvalue weighted by Gasteiger charge is 2.32. The predicted molar refractivity (Wildman–Crippen MR) is 54.4 cm³/mol. The Labute approximate surface area is 81.5 Å². The van der Waals surface area contributed by atoms with Gasteiger partial charge in [-0.1, -0.05) is 12.1 Å². The molecule has 0 unspecified atom stereocenters. The van der Waals surface area contributed by atoms with E-state index in [1.54, 1.807) is 18.2 Å². The van der Waals surface area contributed by atoms with Crippen LogP contribution >= 0.6 is 0 Å². The maximum Gasteiger partial charge on any atom is 0.328 e. The fourth-order valence-corrected chi connectivity index (χ4v) is 1.15. The van der Waals surface area contributed by atoms with Crippen molar-refractivity contribution in [3.63, 3.8) is 0 Å². The van der Waals surface area contributed by atoms with Gasteiger partial charge in [-0.05, 0) is 13.0 Å². The zero-order valence-electron chi connectivity index (χ0n) is 7.82. The second-order valence-corrected chi connectivity index (χ2v) is 3.32. The van der Waals surface area contributed by atoms with Crippen LogP contribution in [0.5, 0.6) is 0 Å². The quantitative estimate of drug-likeness (QED) is 0.500. The first-order chi connectivity index (χ1) is 6.37. The topological polar surface area (TPSA) is 115 Å². The van der Waals surface area contributed by atoms with E-state index >= 15 is 0 Å². The largest absolute Gasteiger partial charge is 0.480 e. The van der Waals surface area contributed by atoms with Crippen molar-refractivity contribution in [3.05, 3.63) is 23.8 Å². The maximum atomic E-state index is 10.9. The lowest BCUT2D eigenvalue weighted by Gasteiger charge is -2.22. The predicted octanol–water partition coefficient (Wildman–Crippen LogP) is 0.110. The van der Waals surface area contributed by atoms with Gasteiger partial charge in [-0.15, -0.1) is 0 Å². The second kappa shape index (κ2) is 3.19. The van der Waals surface area contributed by atoms with Gasteiger partial charge in [0.15, 0.2) is 0 Å². The van der Waals surface area contributed by atoms with Crippen LogP contribution in [0.2, 0.25) is 0 Å². The zero-order valence-corrected chi connectivity index (χ0v) is 7.82. The van der Waals surface area contributed by atoms with Crippen molar-refractivity contribution < 1.29 is 9.90 Å². The van der Waals surface area contributed by atoms with Crippen molar-refractivity contribution in [3.8, 4) is 0 Å². The van der Waals surface area contributed by atoms with E-state index in [1.807, 2.05) is 0 Å². The summed E-state index contributed by atoms with van der Waals surface area (Å²) < 4.78 is 0. The summed E-state index contributed by atoms with van der Waals surface area (Å²) in [6, 6.07) is 4.77. The van der Waals surface area contributed by atoms with Crippen LogP contribution in [-0.4, -0.2) is 11.1 Å². The van der Waals surface area contributed by atoms with Crippen molar-refractivity contribution in [2.45, 2.75) is 12.5 Å². The average molecular weight is 195 g/mol. The Balaban J connectivity index is 3.33. The molecule has 0 fully saturated rings. The summed E-state index contributed by atoms with van der Waals surface area (Å²) in [6.07, 6.45) is 0. The molecule has 0 heterocycles. The Morgan fingerprint density at radius 1 is 1.43 bits per heavy atom. The molecule has 0 aliphatic rings. The molecule has 0 spiro atoms. The standard InChI is InChI=1S/C9H13N3O2/c1-9(12,8(13)14)5-3-2-4-6(10)7(5)11/h2-4H,10-12H2,1H3,(H,13,14)/t9-/m0/s1. The summed E-state index contributed by atoms with van der Waals surface area (Å²) in [6.45, 7) is 1.38. The minimum atomic E-state index is -1.51. The van der Waals surface area contributed by atoms with Crippen molar-refractivity contribution in [2.75, 3.05) is 11.5 Å². The minimum absolute atomic E-state index is 0.222. The molecule has 0 amide bonds. The summed E-state index contributed by atoms with van der Waals surface area (Å²) in [5, 5.41) is 8.89. The SMILES string of the molecule is C[C@@](N)(C(=O)O)c1cccc(N)c1N. The lowest BCUT2D eigenvalue weighted by molar-refractivity contribution is -0.143. The first kappa shape index (κ1) is 10.3.